The molecule has 0 radical (unpaired) electrons. The van der Waals surface area contributed by atoms with Crippen molar-refractivity contribution < 1.29 is 4.79 Å². The van der Waals surface area contributed by atoms with E-state index >= 15 is 0 Å². The van der Waals surface area contributed by atoms with Gasteiger partial charge in [0.15, 0.2) is 5.78 Å². The Labute approximate surface area is 100 Å². The van der Waals surface area contributed by atoms with Crippen LogP contribution >= 0.6 is 0 Å². The average Bonchev–Trinajstić information content (AvgIpc) is 1.99. The second-order valence-electron chi connectivity index (χ2n) is 6.45. The summed E-state index contributed by atoms with van der Waals surface area (Å²) in [7, 11) is 0. The number of Topliss-reactive ketones (excluding diaryl/α,β-unsaturated/α-hetero) is 1. The summed E-state index contributed by atoms with van der Waals surface area (Å²) < 4.78 is 0. The van der Waals surface area contributed by atoms with Crippen LogP contribution in [-0.2, 0) is 4.79 Å². The normalized spacial score (nSPS) is 11.5. The molecule has 0 aliphatic carbocycles. The Morgan fingerprint density at radius 1 is 0.938 bits per heavy atom. The molecule has 0 spiro atoms. The zero-order chi connectivity index (χ0) is 13.1. The van der Waals surface area contributed by atoms with Gasteiger partial charge in [-0.1, -0.05) is 38.2 Å². The molecule has 1 heteroatoms. The van der Waals surface area contributed by atoms with Gasteiger partial charge >= 0.3 is 0 Å². The smallest absolute Gasteiger partial charge is 0.176 e. The van der Waals surface area contributed by atoms with E-state index in [1.807, 2.05) is 55.4 Å². The largest absolute Gasteiger partial charge is 0.293 e. The molecule has 0 atom stereocenters. The fraction of sp³-hybridized carbons (Fsp3) is 0.667. The lowest BCUT2D eigenvalue weighted by atomic mass is 9.84. The lowest BCUT2D eigenvalue weighted by Gasteiger charge is -2.17. The van der Waals surface area contributed by atoms with Gasteiger partial charge in [-0.05, 0) is 34.6 Å². The maximum Gasteiger partial charge on any atom is 0.176 e. The summed E-state index contributed by atoms with van der Waals surface area (Å²) in [5.41, 5.74) is 1.23. The Morgan fingerprint density at radius 3 is 1.62 bits per heavy atom. The number of allylic oxidation sites excluding steroid dienone is 2. The molecule has 0 saturated carbocycles. The highest BCUT2D eigenvalue weighted by Crippen LogP contribution is 2.22. The van der Waals surface area contributed by atoms with Crippen LogP contribution in [0.15, 0.2) is 11.1 Å². The molecule has 0 saturated heterocycles. The molecule has 0 rings (SSSR count). The van der Waals surface area contributed by atoms with Gasteiger partial charge in [0.1, 0.15) is 0 Å². The van der Waals surface area contributed by atoms with Crippen molar-refractivity contribution in [3.63, 3.8) is 0 Å². The van der Waals surface area contributed by atoms with Crippen molar-refractivity contribution in [3.05, 3.63) is 11.1 Å². The van der Waals surface area contributed by atoms with E-state index in [0.29, 0.717) is 5.57 Å². The molecule has 0 unspecified atom stereocenters. The van der Waals surface area contributed by atoms with Crippen molar-refractivity contribution in [3.8, 4) is 11.8 Å². The molecule has 1 nitrogen and oxygen atoms in total. The first-order valence-electron chi connectivity index (χ1n) is 5.70. The minimum atomic E-state index is -0.362. The number of hydrogen-bond acceptors (Lipinski definition) is 1. The quantitative estimate of drug-likeness (QED) is 0.482. The van der Waals surface area contributed by atoms with Crippen LogP contribution in [-0.4, -0.2) is 5.78 Å². The molecule has 0 bridgehead atoms. The molecule has 0 fully saturated rings. The molecule has 0 aliphatic rings. The number of ketones is 1. The van der Waals surface area contributed by atoms with Crippen LogP contribution in [0.4, 0.5) is 0 Å². The third kappa shape index (κ3) is 5.16. The molecule has 0 aromatic heterocycles. The van der Waals surface area contributed by atoms with Crippen LogP contribution in [0, 0.1) is 22.7 Å². The van der Waals surface area contributed by atoms with Gasteiger partial charge in [0.2, 0.25) is 0 Å². The molecule has 16 heavy (non-hydrogen) atoms. The second-order valence-corrected chi connectivity index (χ2v) is 6.45. The first-order valence-corrected chi connectivity index (χ1v) is 5.70. The monoisotopic (exact) mass is 220 g/mol. The summed E-state index contributed by atoms with van der Waals surface area (Å²) in [6, 6.07) is 0. The highest BCUT2D eigenvalue weighted by Gasteiger charge is 2.24. The summed E-state index contributed by atoms with van der Waals surface area (Å²) in [5.74, 6) is 6.30. The van der Waals surface area contributed by atoms with Crippen molar-refractivity contribution in [1.82, 2.24) is 0 Å². The predicted molar refractivity (Wildman–Crippen MR) is 70.1 cm³/mol. The fourth-order valence-electron chi connectivity index (χ4n) is 1.03. The van der Waals surface area contributed by atoms with E-state index in [-0.39, 0.29) is 16.6 Å². The Morgan fingerprint density at radius 2 is 1.38 bits per heavy atom. The molecule has 90 valence electrons. The van der Waals surface area contributed by atoms with E-state index in [4.69, 9.17) is 0 Å². The minimum absolute atomic E-state index is 0.0706. The number of carbonyl (C=O) groups is 1. The van der Waals surface area contributed by atoms with Gasteiger partial charge < -0.3 is 0 Å². The lowest BCUT2D eigenvalue weighted by molar-refractivity contribution is -0.122. The molecular formula is C15H24O. The van der Waals surface area contributed by atoms with Crippen LogP contribution < -0.4 is 0 Å². The first-order chi connectivity index (χ1) is 6.95. The molecule has 0 aliphatic heterocycles. The molecular weight excluding hydrogens is 196 g/mol. The lowest BCUT2D eigenvalue weighted by Crippen LogP contribution is -2.22. The molecule has 0 heterocycles. The van der Waals surface area contributed by atoms with Gasteiger partial charge in [-0.2, -0.15) is 0 Å². The van der Waals surface area contributed by atoms with Gasteiger partial charge in [-0.25, -0.2) is 0 Å². The highest BCUT2D eigenvalue weighted by atomic mass is 16.1. The number of hydrogen-bond donors (Lipinski definition) is 0. The van der Waals surface area contributed by atoms with E-state index in [1.54, 1.807) is 0 Å². The van der Waals surface area contributed by atoms with Crippen LogP contribution in [0.3, 0.4) is 0 Å². The molecule has 0 aromatic carbocycles. The van der Waals surface area contributed by atoms with Crippen LogP contribution in [0.5, 0.6) is 0 Å². The summed E-state index contributed by atoms with van der Waals surface area (Å²) >= 11 is 0. The maximum atomic E-state index is 12.2. The van der Waals surface area contributed by atoms with E-state index in [2.05, 4.69) is 11.8 Å². The SMILES string of the molecule is CC(C)=C(C#CC(C)(C)C)C(=O)C(C)(C)C. The Hall–Kier alpha value is -1.03. The van der Waals surface area contributed by atoms with Crippen molar-refractivity contribution >= 4 is 5.78 Å². The van der Waals surface area contributed by atoms with E-state index < -0.39 is 0 Å². The molecule has 0 amide bonds. The van der Waals surface area contributed by atoms with Gasteiger partial charge in [0.25, 0.3) is 0 Å². The van der Waals surface area contributed by atoms with Crippen LogP contribution in [0.1, 0.15) is 55.4 Å². The zero-order valence-electron chi connectivity index (χ0n) is 11.9. The third-order valence-electron chi connectivity index (χ3n) is 1.97. The van der Waals surface area contributed by atoms with Crippen LogP contribution in [0.2, 0.25) is 0 Å². The predicted octanol–water partition coefficient (Wildman–Crippen LogP) is 3.99. The van der Waals surface area contributed by atoms with Crippen molar-refractivity contribution in [2.75, 3.05) is 0 Å². The van der Waals surface area contributed by atoms with E-state index in [0.717, 1.165) is 5.57 Å². The molecule has 0 N–H and O–H groups in total. The fourth-order valence-corrected chi connectivity index (χ4v) is 1.03. The van der Waals surface area contributed by atoms with Crippen molar-refractivity contribution in [1.29, 1.82) is 0 Å². The summed E-state index contributed by atoms with van der Waals surface area (Å²) in [5, 5.41) is 0. The average molecular weight is 220 g/mol. The summed E-state index contributed by atoms with van der Waals surface area (Å²) in [6.07, 6.45) is 0. The van der Waals surface area contributed by atoms with Gasteiger partial charge in [-0.3, -0.25) is 4.79 Å². The minimum Gasteiger partial charge on any atom is -0.293 e. The van der Waals surface area contributed by atoms with E-state index in [9.17, 15) is 4.79 Å². The topological polar surface area (TPSA) is 17.1 Å². The third-order valence-corrected chi connectivity index (χ3v) is 1.97. The Balaban J connectivity index is 5.32. The van der Waals surface area contributed by atoms with Crippen molar-refractivity contribution in [2.24, 2.45) is 10.8 Å². The van der Waals surface area contributed by atoms with Crippen LogP contribution in [0.25, 0.3) is 0 Å². The number of carbonyl (C=O) groups excluding carboxylic acids is 1. The highest BCUT2D eigenvalue weighted by molar-refractivity contribution is 6.03. The zero-order valence-corrected chi connectivity index (χ0v) is 11.9. The number of rotatable bonds is 1. The van der Waals surface area contributed by atoms with E-state index in [1.165, 1.54) is 0 Å². The summed E-state index contributed by atoms with van der Waals surface area (Å²) in [4.78, 5) is 12.2. The standard InChI is InChI=1S/C15H24O/c1-11(2)12(9-10-14(3,4)5)13(16)15(6,7)8/h1-8H3. The summed E-state index contributed by atoms with van der Waals surface area (Å²) in [6.45, 7) is 15.8. The molecule has 0 aromatic rings. The van der Waals surface area contributed by atoms with Gasteiger partial charge in [0, 0.05) is 10.8 Å². The maximum absolute atomic E-state index is 12.2. The second kappa shape index (κ2) is 4.87. The Bertz CT molecular complexity index is 355. The Kier molecular flexibility index (Phi) is 4.56. The van der Waals surface area contributed by atoms with Gasteiger partial charge in [-0.15, -0.1) is 0 Å². The van der Waals surface area contributed by atoms with Gasteiger partial charge in [0.05, 0.1) is 5.57 Å². The van der Waals surface area contributed by atoms with Crippen molar-refractivity contribution in [2.45, 2.75) is 55.4 Å². The first kappa shape index (κ1) is 15.0.